The van der Waals surface area contributed by atoms with Crippen molar-refractivity contribution in [1.82, 2.24) is 5.32 Å². The van der Waals surface area contributed by atoms with E-state index in [1.54, 1.807) is 0 Å². The van der Waals surface area contributed by atoms with Crippen molar-refractivity contribution >= 4 is 11.7 Å². The van der Waals surface area contributed by atoms with Crippen molar-refractivity contribution in [2.75, 3.05) is 5.32 Å². The van der Waals surface area contributed by atoms with E-state index in [0.29, 0.717) is 24.8 Å². The molecule has 0 aliphatic heterocycles. The van der Waals surface area contributed by atoms with Gasteiger partial charge in [-0.3, -0.25) is 0 Å². The van der Waals surface area contributed by atoms with Crippen molar-refractivity contribution in [2.45, 2.75) is 38.1 Å². The van der Waals surface area contributed by atoms with Crippen LogP contribution in [0.15, 0.2) is 18.2 Å². The Hall–Kier alpha value is -2.16. The summed E-state index contributed by atoms with van der Waals surface area (Å²) < 4.78 is 26.3. The molecule has 1 fully saturated rings. The molecule has 0 bridgehead atoms. The zero-order valence-corrected chi connectivity index (χ0v) is 11.7. The molecule has 21 heavy (non-hydrogen) atoms. The average Bonchev–Trinajstić information content (AvgIpc) is 2.45. The Morgan fingerprint density at radius 2 is 2.05 bits per heavy atom. The third-order valence-corrected chi connectivity index (χ3v) is 3.87. The van der Waals surface area contributed by atoms with E-state index < -0.39 is 23.2 Å². The summed E-state index contributed by atoms with van der Waals surface area (Å²) in [4.78, 5) is 11.9. The average molecular weight is 293 g/mol. The second kappa shape index (κ2) is 6.08. The fraction of sp³-hybridized carbons (Fsp3) is 0.467. The maximum absolute atomic E-state index is 13.5. The fourth-order valence-electron chi connectivity index (χ4n) is 2.48. The van der Waals surface area contributed by atoms with Crippen molar-refractivity contribution in [1.29, 1.82) is 5.26 Å². The summed E-state index contributed by atoms with van der Waals surface area (Å²) in [6.45, 7) is 2.11. The monoisotopic (exact) mass is 293 g/mol. The molecular formula is C15H17F2N3O. The van der Waals surface area contributed by atoms with E-state index in [9.17, 15) is 18.8 Å². The van der Waals surface area contributed by atoms with Crippen molar-refractivity contribution < 1.29 is 13.6 Å². The van der Waals surface area contributed by atoms with Crippen molar-refractivity contribution in [3.8, 4) is 6.07 Å². The zero-order valence-electron chi connectivity index (χ0n) is 11.7. The molecule has 1 aliphatic rings. The summed E-state index contributed by atoms with van der Waals surface area (Å²) in [5.74, 6) is -1.03. The van der Waals surface area contributed by atoms with Gasteiger partial charge in [-0.2, -0.15) is 5.26 Å². The van der Waals surface area contributed by atoms with Crippen LogP contribution in [-0.2, 0) is 0 Å². The number of anilines is 1. The first-order valence-corrected chi connectivity index (χ1v) is 6.89. The molecule has 2 N–H and O–H groups in total. The highest BCUT2D eigenvalue weighted by Crippen LogP contribution is 2.31. The first-order valence-electron chi connectivity index (χ1n) is 6.89. The molecule has 0 saturated heterocycles. The number of benzene rings is 1. The Labute approximate surface area is 122 Å². The lowest BCUT2D eigenvalue weighted by Crippen LogP contribution is -2.51. The number of carbonyl (C=O) groups excluding carboxylic acids is 1. The number of hydrogen-bond acceptors (Lipinski definition) is 2. The SMILES string of the molecule is CC1CCC(C#N)(NC(=O)Nc2ccc(F)cc2F)CC1. The molecular weight excluding hydrogens is 276 g/mol. The fourth-order valence-corrected chi connectivity index (χ4v) is 2.48. The molecule has 0 heterocycles. The maximum atomic E-state index is 13.5. The Bertz CT molecular complexity index is 575. The lowest BCUT2D eigenvalue weighted by molar-refractivity contribution is 0.222. The van der Waals surface area contributed by atoms with Gasteiger partial charge in [0.1, 0.15) is 17.2 Å². The molecule has 6 heteroatoms. The molecule has 2 rings (SSSR count). The Balaban J connectivity index is 2.02. The van der Waals surface area contributed by atoms with Crippen LogP contribution >= 0.6 is 0 Å². The molecule has 112 valence electrons. The van der Waals surface area contributed by atoms with Crippen LogP contribution in [0.3, 0.4) is 0 Å². The maximum Gasteiger partial charge on any atom is 0.320 e. The van der Waals surface area contributed by atoms with E-state index in [1.165, 1.54) is 0 Å². The largest absolute Gasteiger partial charge is 0.320 e. The summed E-state index contributed by atoms with van der Waals surface area (Å²) in [6.07, 6.45) is 2.87. The molecule has 1 aromatic rings. The molecule has 4 nitrogen and oxygen atoms in total. The highest BCUT2D eigenvalue weighted by molar-refractivity contribution is 5.90. The van der Waals surface area contributed by atoms with Crippen LogP contribution in [0.4, 0.5) is 19.3 Å². The number of amides is 2. The number of nitrogens with one attached hydrogen (secondary N) is 2. The van der Waals surface area contributed by atoms with Gasteiger partial charge in [-0.25, -0.2) is 13.6 Å². The summed E-state index contributed by atoms with van der Waals surface area (Å²) in [5.41, 5.74) is -1.03. The highest BCUT2D eigenvalue weighted by Gasteiger charge is 2.35. The number of nitrogens with zero attached hydrogens (tertiary/aromatic N) is 1. The van der Waals surface area contributed by atoms with Gasteiger partial charge >= 0.3 is 6.03 Å². The second-order valence-electron chi connectivity index (χ2n) is 5.58. The van der Waals surface area contributed by atoms with E-state index in [4.69, 9.17) is 0 Å². The van der Waals surface area contributed by atoms with Crippen LogP contribution in [0.1, 0.15) is 32.6 Å². The van der Waals surface area contributed by atoms with Crippen molar-refractivity contribution in [2.24, 2.45) is 5.92 Å². The van der Waals surface area contributed by atoms with Gasteiger partial charge in [0.05, 0.1) is 11.8 Å². The topological polar surface area (TPSA) is 64.9 Å². The van der Waals surface area contributed by atoms with Crippen LogP contribution in [-0.4, -0.2) is 11.6 Å². The predicted molar refractivity (Wildman–Crippen MR) is 74.5 cm³/mol. The van der Waals surface area contributed by atoms with Gasteiger partial charge in [0.15, 0.2) is 0 Å². The second-order valence-corrected chi connectivity index (χ2v) is 5.58. The van der Waals surface area contributed by atoms with E-state index in [0.717, 1.165) is 25.0 Å². The minimum absolute atomic E-state index is 0.119. The number of halogens is 2. The Kier molecular flexibility index (Phi) is 4.41. The third-order valence-electron chi connectivity index (χ3n) is 3.87. The smallest absolute Gasteiger partial charge is 0.319 e. The van der Waals surface area contributed by atoms with Crippen molar-refractivity contribution in [3.63, 3.8) is 0 Å². The van der Waals surface area contributed by atoms with Crippen LogP contribution in [0.5, 0.6) is 0 Å². The van der Waals surface area contributed by atoms with Crippen LogP contribution < -0.4 is 10.6 Å². The quantitative estimate of drug-likeness (QED) is 0.875. The van der Waals surface area contributed by atoms with Gasteiger partial charge in [0.2, 0.25) is 0 Å². The van der Waals surface area contributed by atoms with Gasteiger partial charge in [-0.05, 0) is 43.7 Å². The lowest BCUT2D eigenvalue weighted by atomic mass is 9.78. The molecule has 0 aromatic heterocycles. The Morgan fingerprint density at radius 3 is 2.62 bits per heavy atom. The number of hydrogen-bond donors (Lipinski definition) is 2. The number of urea groups is 1. The van der Waals surface area contributed by atoms with E-state index >= 15 is 0 Å². The number of carbonyl (C=O) groups is 1. The van der Waals surface area contributed by atoms with Gasteiger partial charge in [-0.15, -0.1) is 0 Å². The number of rotatable bonds is 2. The first-order chi connectivity index (χ1) is 9.94. The molecule has 1 aliphatic carbocycles. The van der Waals surface area contributed by atoms with E-state index in [-0.39, 0.29) is 5.69 Å². The summed E-state index contributed by atoms with van der Waals surface area (Å²) in [6, 6.07) is 4.39. The number of nitriles is 1. The highest BCUT2D eigenvalue weighted by atomic mass is 19.1. The molecule has 0 unspecified atom stereocenters. The summed E-state index contributed by atoms with van der Waals surface area (Å²) in [7, 11) is 0. The molecule has 0 atom stereocenters. The predicted octanol–water partition coefficient (Wildman–Crippen LogP) is 3.56. The lowest BCUT2D eigenvalue weighted by Gasteiger charge is -2.34. The summed E-state index contributed by atoms with van der Waals surface area (Å²) >= 11 is 0. The van der Waals surface area contributed by atoms with Crippen LogP contribution in [0, 0.1) is 28.9 Å². The molecule has 1 aromatic carbocycles. The third kappa shape index (κ3) is 3.69. The minimum atomic E-state index is -0.910. The van der Waals surface area contributed by atoms with Gasteiger partial charge < -0.3 is 10.6 Å². The minimum Gasteiger partial charge on any atom is -0.319 e. The summed E-state index contributed by atoms with van der Waals surface area (Å²) in [5, 5.41) is 14.3. The standard InChI is InChI=1S/C15H17F2N3O/c1-10-4-6-15(9-18,7-5-10)20-14(21)19-13-3-2-11(16)8-12(13)17/h2-3,8,10H,4-7H2,1H3,(H2,19,20,21). The van der Waals surface area contributed by atoms with Crippen LogP contribution in [0.2, 0.25) is 0 Å². The molecule has 1 saturated carbocycles. The molecule has 2 amide bonds. The normalized spacial score (nSPS) is 25.0. The molecule has 0 radical (unpaired) electrons. The van der Waals surface area contributed by atoms with Gasteiger partial charge in [0, 0.05) is 6.07 Å². The zero-order chi connectivity index (χ0) is 15.5. The van der Waals surface area contributed by atoms with E-state index in [1.807, 2.05) is 0 Å². The Morgan fingerprint density at radius 1 is 1.38 bits per heavy atom. The van der Waals surface area contributed by atoms with Crippen molar-refractivity contribution in [3.05, 3.63) is 29.8 Å². The molecule has 0 spiro atoms. The van der Waals surface area contributed by atoms with Gasteiger partial charge in [0.25, 0.3) is 0 Å². The first kappa shape index (κ1) is 15.2. The van der Waals surface area contributed by atoms with Gasteiger partial charge in [-0.1, -0.05) is 6.92 Å². The van der Waals surface area contributed by atoms with E-state index in [2.05, 4.69) is 23.6 Å². The van der Waals surface area contributed by atoms with Crippen LogP contribution in [0.25, 0.3) is 0 Å².